The van der Waals surface area contributed by atoms with Crippen molar-refractivity contribution in [2.24, 2.45) is 0 Å². The van der Waals surface area contributed by atoms with E-state index in [4.69, 9.17) is 15.5 Å². The van der Waals surface area contributed by atoms with Crippen molar-refractivity contribution in [1.29, 1.82) is 0 Å². The van der Waals surface area contributed by atoms with Crippen LogP contribution in [0, 0.1) is 0 Å². The first-order valence-corrected chi connectivity index (χ1v) is 4.66. The van der Waals surface area contributed by atoms with Gasteiger partial charge in [0.2, 0.25) is 0 Å². The Morgan fingerprint density at radius 2 is 2.17 bits per heavy atom. The van der Waals surface area contributed by atoms with E-state index in [2.05, 4.69) is 0 Å². The highest BCUT2D eigenvalue weighted by Crippen LogP contribution is 1.84. The lowest BCUT2D eigenvalue weighted by Crippen LogP contribution is -2.01. The first-order chi connectivity index (χ1) is 2.77. The minimum atomic E-state index is -0.661. The van der Waals surface area contributed by atoms with Gasteiger partial charge < -0.3 is 4.43 Å². The molecule has 0 rings (SSSR count). The van der Waals surface area contributed by atoms with Crippen LogP contribution in [0.3, 0.4) is 0 Å². The molecule has 0 aromatic carbocycles. The van der Waals surface area contributed by atoms with Crippen LogP contribution in [-0.2, 0) is 4.43 Å². The molecule has 0 heterocycles. The van der Waals surface area contributed by atoms with Crippen molar-refractivity contribution in [2.75, 3.05) is 0 Å². The molecule has 0 aliphatic heterocycles. The van der Waals surface area contributed by atoms with Gasteiger partial charge in [0.15, 0.2) is 0 Å². The summed E-state index contributed by atoms with van der Waals surface area (Å²) in [6.45, 7) is 3.96. The predicted octanol–water partition coefficient (Wildman–Crippen LogP) is 0.649. The summed E-state index contributed by atoms with van der Waals surface area (Å²) in [6.07, 6.45) is 0.328. The molecule has 6 heavy (non-hydrogen) atoms. The highest BCUT2D eigenvalue weighted by atomic mass is 35.6. The molecule has 1 nitrogen and oxygen atoms in total. The predicted molar refractivity (Wildman–Crippen MR) is 30.6 cm³/mol. The Bertz CT molecular complexity index is 32.0. The van der Waals surface area contributed by atoms with Crippen molar-refractivity contribution in [3.63, 3.8) is 0 Å². The van der Waals surface area contributed by atoms with Crippen molar-refractivity contribution in [3.05, 3.63) is 0 Å². The fraction of sp³-hybridized carbons (Fsp3) is 1.00. The first-order valence-electron chi connectivity index (χ1n) is 1.95. The second-order valence-corrected chi connectivity index (χ2v) is 2.53. The molecule has 0 N–H and O–H groups in total. The summed E-state index contributed by atoms with van der Waals surface area (Å²) in [5.74, 6) is 0. The summed E-state index contributed by atoms with van der Waals surface area (Å²) in [6, 6.07) is 0. The van der Waals surface area contributed by atoms with Crippen LogP contribution in [0.25, 0.3) is 0 Å². The van der Waals surface area contributed by atoms with Gasteiger partial charge >= 0.3 is 0 Å². The summed E-state index contributed by atoms with van der Waals surface area (Å²) < 4.78 is 4.95. The quantitative estimate of drug-likeness (QED) is 0.388. The monoisotopic (exact) mass is 124 g/mol. The van der Waals surface area contributed by atoms with Crippen molar-refractivity contribution in [2.45, 2.75) is 20.0 Å². The summed E-state index contributed by atoms with van der Waals surface area (Å²) in [5, 5.41) is 0. The van der Waals surface area contributed by atoms with E-state index in [0.717, 1.165) is 0 Å². The average molecular weight is 125 g/mol. The fourth-order valence-electron chi connectivity index (χ4n) is 0.126. The molecule has 38 valence electrons. The van der Waals surface area contributed by atoms with Gasteiger partial charge in [-0.25, -0.2) is 0 Å². The van der Waals surface area contributed by atoms with Crippen LogP contribution in [-0.4, -0.2) is 15.2 Å². The van der Waals surface area contributed by atoms with E-state index in [1.807, 2.05) is 13.8 Å². The molecule has 0 atom stereocenters. The molecule has 0 unspecified atom stereocenters. The van der Waals surface area contributed by atoms with Crippen molar-refractivity contribution in [1.82, 2.24) is 0 Å². The molecule has 0 aromatic heterocycles. The Balaban J connectivity index is 2.63. The van der Waals surface area contributed by atoms with E-state index < -0.39 is 9.07 Å². The van der Waals surface area contributed by atoms with Crippen molar-refractivity contribution < 1.29 is 4.43 Å². The van der Waals surface area contributed by atoms with Gasteiger partial charge in [-0.05, 0) is 13.8 Å². The lowest BCUT2D eigenvalue weighted by atomic mass is 10.5. The van der Waals surface area contributed by atoms with Gasteiger partial charge in [-0.3, -0.25) is 0 Å². The third kappa shape index (κ3) is 4.47. The van der Waals surface area contributed by atoms with E-state index in [9.17, 15) is 0 Å². The van der Waals surface area contributed by atoms with Crippen LogP contribution in [0.2, 0.25) is 0 Å². The van der Waals surface area contributed by atoms with E-state index in [0.29, 0.717) is 6.10 Å². The lowest BCUT2D eigenvalue weighted by Gasteiger charge is -1.99. The molecule has 0 radical (unpaired) electrons. The molecule has 0 aromatic rings. The first kappa shape index (κ1) is 6.47. The highest BCUT2D eigenvalue weighted by Gasteiger charge is 1.85. The van der Waals surface area contributed by atoms with Gasteiger partial charge in [0.05, 0.1) is 0 Å². The maximum Gasteiger partial charge on any atom is 0.258 e. The zero-order valence-corrected chi connectivity index (χ0v) is 6.24. The second kappa shape index (κ2) is 3.65. The van der Waals surface area contributed by atoms with Gasteiger partial charge in [-0.15, -0.1) is 11.1 Å². The van der Waals surface area contributed by atoms with Gasteiger partial charge in [0.1, 0.15) is 0 Å². The summed E-state index contributed by atoms with van der Waals surface area (Å²) in [7, 11) is -0.661. The van der Waals surface area contributed by atoms with Crippen molar-refractivity contribution >= 4 is 20.2 Å². The second-order valence-electron chi connectivity index (χ2n) is 1.32. The molecule has 0 fully saturated rings. The van der Waals surface area contributed by atoms with Crippen molar-refractivity contribution in [3.8, 4) is 0 Å². The standard InChI is InChI=1S/C3H9ClOSi/c1-3(2)5-6-4/h3H,6H2,1-2H3. The van der Waals surface area contributed by atoms with Crippen LogP contribution < -0.4 is 0 Å². The topological polar surface area (TPSA) is 9.23 Å². The summed E-state index contributed by atoms with van der Waals surface area (Å²) in [4.78, 5) is 0. The molecular weight excluding hydrogens is 116 g/mol. The van der Waals surface area contributed by atoms with Crippen LogP contribution in [0.1, 0.15) is 13.8 Å². The molecule has 0 amide bonds. The molecule has 0 bridgehead atoms. The maximum absolute atomic E-state index is 5.31. The maximum atomic E-state index is 5.31. The molecule has 0 spiro atoms. The Kier molecular flexibility index (Phi) is 3.93. The van der Waals surface area contributed by atoms with E-state index in [1.165, 1.54) is 0 Å². The zero-order valence-electron chi connectivity index (χ0n) is 4.07. The number of rotatable bonds is 2. The third-order valence-corrected chi connectivity index (χ3v) is 1.57. The number of hydrogen-bond acceptors (Lipinski definition) is 1. The molecule has 0 saturated heterocycles. The average Bonchev–Trinajstić information content (AvgIpc) is 1.35. The minimum absolute atomic E-state index is 0.328. The van der Waals surface area contributed by atoms with Gasteiger partial charge in [-0.1, -0.05) is 0 Å². The largest absolute Gasteiger partial charge is 0.406 e. The Morgan fingerprint density at radius 1 is 1.67 bits per heavy atom. The molecule has 0 aliphatic carbocycles. The Morgan fingerprint density at radius 3 is 2.17 bits per heavy atom. The van der Waals surface area contributed by atoms with Crippen LogP contribution in [0.4, 0.5) is 0 Å². The smallest absolute Gasteiger partial charge is 0.258 e. The SMILES string of the molecule is CC(C)O[SiH2]Cl. The Labute approximate surface area is 45.3 Å². The normalized spacial score (nSPS) is 12.0. The van der Waals surface area contributed by atoms with Crippen LogP contribution in [0.5, 0.6) is 0 Å². The summed E-state index contributed by atoms with van der Waals surface area (Å²) >= 11 is 5.31. The highest BCUT2D eigenvalue weighted by molar-refractivity contribution is 6.89. The van der Waals surface area contributed by atoms with Gasteiger partial charge in [-0.2, -0.15) is 0 Å². The lowest BCUT2D eigenvalue weighted by molar-refractivity contribution is 0.263. The van der Waals surface area contributed by atoms with Gasteiger partial charge in [0.25, 0.3) is 9.07 Å². The summed E-state index contributed by atoms with van der Waals surface area (Å²) in [5.41, 5.74) is 0. The van der Waals surface area contributed by atoms with E-state index >= 15 is 0 Å². The Hall–Kier alpha value is 0.467. The molecule has 0 saturated carbocycles. The van der Waals surface area contributed by atoms with Crippen LogP contribution >= 0.6 is 11.1 Å². The van der Waals surface area contributed by atoms with Crippen LogP contribution in [0.15, 0.2) is 0 Å². The zero-order chi connectivity index (χ0) is 4.99. The molecule has 0 aliphatic rings. The van der Waals surface area contributed by atoms with Gasteiger partial charge in [0, 0.05) is 6.10 Å². The minimum Gasteiger partial charge on any atom is -0.406 e. The number of halogens is 1. The third-order valence-electron chi connectivity index (χ3n) is 0.396. The van der Waals surface area contributed by atoms with E-state index in [-0.39, 0.29) is 0 Å². The molecular formula is C3H9ClOSi. The number of hydrogen-bond donors (Lipinski definition) is 0. The molecule has 3 heteroatoms. The fourth-order valence-corrected chi connectivity index (χ4v) is 1.13. The van der Waals surface area contributed by atoms with E-state index in [1.54, 1.807) is 0 Å².